The van der Waals surface area contributed by atoms with E-state index in [0.717, 1.165) is 37.7 Å². The van der Waals surface area contributed by atoms with E-state index in [-0.39, 0.29) is 29.9 Å². The van der Waals surface area contributed by atoms with E-state index in [1.165, 1.54) is 4.88 Å². The van der Waals surface area contributed by atoms with Crippen molar-refractivity contribution in [2.45, 2.75) is 59.0 Å². The summed E-state index contributed by atoms with van der Waals surface area (Å²) in [5.41, 5.74) is 2.03. The minimum Gasteiger partial charge on any atom is -0.368 e. The summed E-state index contributed by atoms with van der Waals surface area (Å²) in [5, 5.41) is 13.5. The molecule has 8 heteroatoms. The van der Waals surface area contributed by atoms with E-state index in [9.17, 15) is 14.9 Å². The lowest BCUT2D eigenvalue weighted by Gasteiger charge is -2.35. The zero-order valence-corrected chi connectivity index (χ0v) is 20.2. The first-order valence-electron chi connectivity index (χ1n) is 11.7. The predicted molar refractivity (Wildman–Crippen MR) is 125 cm³/mol. The van der Waals surface area contributed by atoms with Gasteiger partial charge < -0.3 is 15.0 Å². The Morgan fingerprint density at radius 1 is 1.22 bits per heavy atom. The highest BCUT2D eigenvalue weighted by Crippen LogP contribution is 2.43. The maximum Gasteiger partial charge on any atom is 0.251 e. The number of carbonyl (C=O) groups is 2. The van der Waals surface area contributed by atoms with Gasteiger partial charge in [-0.25, -0.2) is 0 Å². The summed E-state index contributed by atoms with van der Waals surface area (Å²) in [6.45, 7) is 10.4. The molecule has 3 heterocycles. The van der Waals surface area contributed by atoms with E-state index >= 15 is 0 Å². The van der Waals surface area contributed by atoms with Crippen molar-refractivity contribution in [3.63, 3.8) is 0 Å². The Hall–Kier alpha value is -1.95. The van der Waals surface area contributed by atoms with E-state index < -0.39 is 0 Å². The molecule has 174 valence electrons. The second kappa shape index (κ2) is 9.50. The number of piperazine rings is 1. The van der Waals surface area contributed by atoms with E-state index in [2.05, 4.69) is 37.1 Å². The summed E-state index contributed by atoms with van der Waals surface area (Å²) >= 11 is 1.58. The van der Waals surface area contributed by atoms with Crippen LogP contribution in [0.25, 0.3) is 0 Å². The Morgan fingerprint density at radius 2 is 1.97 bits per heavy atom. The van der Waals surface area contributed by atoms with Crippen molar-refractivity contribution in [1.29, 1.82) is 5.26 Å². The molecule has 1 aromatic heterocycles. The van der Waals surface area contributed by atoms with Crippen LogP contribution in [0.3, 0.4) is 0 Å². The number of nitriles is 1. The molecular formula is C24H34N4O3S. The third kappa shape index (κ3) is 5.00. The quantitative estimate of drug-likeness (QED) is 0.750. The third-order valence-electron chi connectivity index (χ3n) is 7.11. The fraction of sp³-hybridized carbons (Fsp3) is 0.708. The first kappa shape index (κ1) is 23.2. The lowest BCUT2D eigenvalue weighted by atomic mass is 9.72. The molecule has 3 aliphatic rings. The molecule has 0 bridgehead atoms. The maximum atomic E-state index is 12.8. The Balaban J connectivity index is 1.32. The van der Waals surface area contributed by atoms with Crippen LogP contribution in [-0.2, 0) is 27.2 Å². The maximum absolute atomic E-state index is 12.8. The van der Waals surface area contributed by atoms with Crippen LogP contribution in [0.15, 0.2) is 0 Å². The SMILES string of the molecule is CC(C)(C)[C@H]1CCc2c(sc(NC(=O)CN3CCN(C(=O)[C@H]4CCCO4)CC3)c2C#N)C1. The predicted octanol–water partition coefficient (Wildman–Crippen LogP) is 3.03. The number of nitrogens with one attached hydrogen (secondary N) is 1. The molecule has 2 fully saturated rings. The average Bonchev–Trinajstić information content (AvgIpc) is 3.40. The van der Waals surface area contributed by atoms with E-state index in [4.69, 9.17) is 4.74 Å². The molecule has 4 rings (SSSR count). The van der Waals surface area contributed by atoms with Crippen molar-refractivity contribution in [2.24, 2.45) is 11.3 Å². The molecule has 2 saturated heterocycles. The van der Waals surface area contributed by atoms with Crippen molar-refractivity contribution in [2.75, 3.05) is 44.6 Å². The number of nitrogens with zero attached hydrogens (tertiary/aromatic N) is 3. The molecule has 0 unspecified atom stereocenters. The summed E-state index contributed by atoms with van der Waals surface area (Å²) in [6, 6.07) is 2.34. The number of amides is 2. The number of rotatable bonds is 4. The van der Waals surface area contributed by atoms with Gasteiger partial charge in [-0.2, -0.15) is 5.26 Å². The molecule has 7 nitrogen and oxygen atoms in total. The van der Waals surface area contributed by atoms with Gasteiger partial charge in [0.25, 0.3) is 5.91 Å². The molecule has 2 atom stereocenters. The highest BCUT2D eigenvalue weighted by Gasteiger charge is 2.33. The highest BCUT2D eigenvalue weighted by molar-refractivity contribution is 7.16. The molecule has 2 amide bonds. The second-order valence-electron chi connectivity index (χ2n) is 10.3. The first-order chi connectivity index (χ1) is 15.3. The molecule has 1 aliphatic carbocycles. The van der Waals surface area contributed by atoms with Crippen molar-refractivity contribution in [3.8, 4) is 6.07 Å². The van der Waals surface area contributed by atoms with Gasteiger partial charge in [-0.05, 0) is 49.0 Å². The standard InChI is InChI=1S/C24H34N4O3S/c1-24(2,3)16-6-7-17-18(14-25)22(32-20(17)13-16)26-21(29)15-27-8-10-28(11-9-27)23(30)19-5-4-12-31-19/h16,19H,4-13,15H2,1-3H3,(H,26,29)/t16-,19+/m0/s1. The van der Waals surface area contributed by atoms with Gasteiger partial charge in [0.15, 0.2) is 0 Å². The van der Waals surface area contributed by atoms with Crippen LogP contribution >= 0.6 is 11.3 Å². The monoisotopic (exact) mass is 458 g/mol. The smallest absolute Gasteiger partial charge is 0.251 e. The van der Waals surface area contributed by atoms with Crippen LogP contribution in [0.5, 0.6) is 0 Å². The molecule has 0 radical (unpaired) electrons. The van der Waals surface area contributed by atoms with E-state index in [1.54, 1.807) is 11.3 Å². The van der Waals surface area contributed by atoms with Gasteiger partial charge in [0.05, 0.1) is 12.1 Å². The number of thiophene rings is 1. The summed E-state index contributed by atoms with van der Waals surface area (Å²) in [7, 11) is 0. The number of fused-ring (bicyclic) bond motifs is 1. The minimum atomic E-state index is -0.281. The first-order valence-corrected chi connectivity index (χ1v) is 12.5. The Morgan fingerprint density at radius 3 is 2.59 bits per heavy atom. The molecule has 1 N–H and O–H groups in total. The van der Waals surface area contributed by atoms with Crippen molar-refractivity contribution < 1.29 is 14.3 Å². The van der Waals surface area contributed by atoms with Crippen LogP contribution in [0.4, 0.5) is 5.00 Å². The second-order valence-corrected chi connectivity index (χ2v) is 11.4. The molecule has 1 aromatic rings. The molecule has 0 aromatic carbocycles. The third-order valence-corrected chi connectivity index (χ3v) is 8.28. The summed E-state index contributed by atoms with van der Waals surface area (Å²) < 4.78 is 5.51. The number of hydrogen-bond acceptors (Lipinski definition) is 6. The topological polar surface area (TPSA) is 85.7 Å². The normalized spacial score (nSPS) is 24.1. The van der Waals surface area contributed by atoms with Crippen LogP contribution in [0.1, 0.15) is 56.0 Å². The Labute approximate surface area is 194 Å². The summed E-state index contributed by atoms with van der Waals surface area (Å²) in [4.78, 5) is 30.4. The van der Waals surface area contributed by atoms with Gasteiger partial charge in [0.1, 0.15) is 17.2 Å². The Kier molecular flexibility index (Phi) is 6.89. The van der Waals surface area contributed by atoms with Crippen molar-refractivity contribution in [1.82, 2.24) is 9.80 Å². The van der Waals surface area contributed by atoms with Gasteiger partial charge in [-0.1, -0.05) is 20.8 Å². The number of hydrogen-bond donors (Lipinski definition) is 1. The molecule has 32 heavy (non-hydrogen) atoms. The van der Waals surface area contributed by atoms with Gasteiger partial charge in [0, 0.05) is 37.7 Å². The van der Waals surface area contributed by atoms with Crippen molar-refractivity contribution >= 4 is 28.2 Å². The molecule has 0 saturated carbocycles. The summed E-state index contributed by atoms with van der Waals surface area (Å²) in [5.74, 6) is 0.590. The zero-order valence-electron chi connectivity index (χ0n) is 19.4. The number of ether oxygens (including phenoxy) is 1. The van der Waals surface area contributed by atoms with Gasteiger partial charge >= 0.3 is 0 Å². The largest absolute Gasteiger partial charge is 0.368 e. The lowest BCUT2D eigenvalue weighted by molar-refractivity contribution is -0.142. The van der Waals surface area contributed by atoms with Gasteiger partial charge in [0.2, 0.25) is 5.91 Å². The minimum absolute atomic E-state index is 0.0861. The Bertz CT molecular complexity index is 900. The van der Waals surface area contributed by atoms with Gasteiger partial charge in [-0.15, -0.1) is 11.3 Å². The van der Waals surface area contributed by atoms with Crippen molar-refractivity contribution in [3.05, 3.63) is 16.0 Å². The molecule has 0 spiro atoms. The van der Waals surface area contributed by atoms with Crippen LogP contribution < -0.4 is 5.32 Å². The molecule has 2 aliphatic heterocycles. The average molecular weight is 459 g/mol. The highest BCUT2D eigenvalue weighted by atomic mass is 32.1. The molecular weight excluding hydrogens is 424 g/mol. The van der Waals surface area contributed by atoms with Crippen LogP contribution in [-0.4, -0.2) is 67.0 Å². The zero-order chi connectivity index (χ0) is 22.9. The van der Waals surface area contributed by atoms with Gasteiger partial charge in [-0.3, -0.25) is 14.5 Å². The summed E-state index contributed by atoms with van der Waals surface area (Å²) in [6.07, 6.45) is 4.46. The fourth-order valence-electron chi connectivity index (χ4n) is 5.00. The lowest BCUT2D eigenvalue weighted by Crippen LogP contribution is -2.52. The van der Waals surface area contributed by atoms with Crippen LogP contribution in [0.2, 0.25) is 0 Å². The number of carbonyl (C=O) groups excluding carboxylic acids is 2. The van der Waals surface area contributed by atoms with Crippen LogP contribution in [0, 0.1) is 22.7 Å². The van der Waals surface area contributed by atoms with E-state index in [1.807, 2.05) is 4.90 Å². The fourth-order valence-corrected chi connectivity index (χ4v) is 6.30. The van der Waals surface area contributed by atoms with E-state index in [0.29, 0.717) is 49.3 Å². The number of anilines is 1.